The minimum Gasteiger partial charge on any atom is -0.400 e. The number of alkyl halides is 10. The van der Waals surface area contributed by atoms with Crippen molar-refractivity contribution in [2.45, 2.75) is 0 Å². The molecule has 0 aromatic heterocycles. The van der Waals surface area contributed by atoms with Crippen molar-refractivity contribution < 1.29 is 5.11 Å². The summed E-state index contributed by atoms with van der Waals surface area (Å²) in [6.07, 6.45) is 0. The molecule has 0 rings (SSSR count). The molecule has 0 aliphatic rings. The minimum absolute atomic E-state index is 0.194. The van der Waals surface area contributed by atoms with E-state index in [4.69, 9.17) is 121 Å². The van der Waals surface area contributed by atoms with Gasteiger partial charge in [-0.15, -0.1) is 116 Å². The van der Waals surface area contributed by atoms with E-state index in [2.05, 4.69) is 0 Å². The van der Waals surface area contributed by atoms with Crippen molar-refractivity contribution in [3.8, 4) is 0 Å². The highest BCUT2D eigenvalue weighted by Crippen LogP contribution is 1.74. The van der Waals surface area contributed by atoms with E-state index in [1.54, 1.807) is 0 Å². The van der Waals surface area contributed by atoms with Crippen LogP contribution in [0, 0.1) is 0 Å². The van der Waals surface area contributed by atoms with Crippen molar-refractivity contribution in [3.05, 3.63) is 0 Å². The average Bonchev–Trinajstić information content (AvgIpc) is 2.25. The molecule has 0 aromatic carbocycles. The van der Waals surface area contributed by atoms with Crippen molar-refractivity contribution in [2.75, 3.05) is 33.8 Å². The fraction of sp³-hybridized carbons (Fsp3) is 1.00. The lowest BCUT2D eigenvalue weighted by Crippen LogP contribution is -1.25. The average molecular weight is 457 g/mol. The summed E-state index contributed by atoms with van der Waals surface area (Å²) in [5.41, 5.74) is 0. The molecule has 0 bridgehead atoms. The quantitative estimate of drug-likeness (QED) is 0.401. The molecule has 17 heavy (non-hydrogen) atoms. The molecular formula is C6H14Cl10O. The zero-order valence-electron chi connectivity index (χ0n) is 8.76. The van der Waals surface area contributed by atoms with Gasteiger partial charge in [0.25, 0.3) is 0 Å². The molecule has 0 radical (unpaired) electrons. The smallest absolute Gasteiger partial charge is 0.0967 e. The maximum Gasteiger partial charge on any atom is 0.0967 e. The Bertz CT molecular complexity index is 32.4. The second-order valence-corrected chi connectivity index (χ2v) is 4.55. The van der Waals surface area contributed by atoms with Gasteiger partial charge in [-0.1, -0.05) is 0 Å². The number of hydrogen-bond donors (Lipinski definition) is 1. The van der Waals surface area contributed by atoms with Crippen LogP contribution in [0.1, 0.15) is 0 Å². The van der Waals surface area contributed by atoms with Crippen LogP contribution in [-0.2, 0) is 0 Å². The van der Waals surface area contributed by atoms with Gasteiger partial charge in [-0.3, -0.25) is 0 Å². The van der Waals surface area contributed by atoms with E-state index in [1.807, 2.05) is 0 Å². The zero-order valence-corrected chi connectivity index (χ0v) is 16.3. The van der Waals surface area contributed by atoms with Gasteiger partial charge in [0.1, 0.15) is 0 Å². The van der Waals surface area contributed by atoms with Gasteiger partial charge in [0.2, 0.25) is 0 Å². The fourth-order valence-electron chi connectivity index (χ4n) is 0. The first-order valence-electron chi connectivity index (χ1n) is 3.12. The largest absolute Gasteiger partial charge is 0.400 e. The summed E-state index contributed by atoms with van der Waals surface area (Å²) in [6.45, 7) is 0. The van der Waals surface area contributed by atoms with E-state index in [0.29, 0.717) is 0 Å². The van der Waals surface area contributed by atoms with E-state index in [1.165, 1.54) is 0 Å². The van der Waals surface area contributed by atoms with E-state index in [-0.39, 0.29) is 26.7 Å². The third-order valence-electron chi connectivity index (χ3n) is 0. The number of rotatable bonds is 0. The van der Waals surface area contributed by atoms with Gasteiger partial charge in [0.15, 0.2) is 0 Å². The number of aliphatic hydroxyl groups excluding tert-OH is 1. The van der Waals surface area contributed by atoms with Crippen molar-refractivity contribution in [1.29, 1.82) is 0 Å². The molecule has 0 saturated heterocycles. The molecule has 0 unspecified atom stereocenters. The van der Waals surface area contributed by atoms with Crippen LogP contribution in [0.5, 0.6) is 0 Å². The first-order valence-corrected chi connectivity index (χ1v) is 8.47. The predicted molar refractivity (Wildman–Crippen MR) is 91.0 cm³/mol. The third-order valence-corrected chi connectivity index (χ3v) is 0. The summed E-state index contributed by atoms with van der Waals surface area (Å²) in [7, 11) is 1.00. The molecule has 0 heterocycles. The second-order valence-electron chi connectivity index (χ2n) is 0.505. The Kier molecular flexibility index (Phi) is 211. The molecule has 0 spiro atoms. The molecule has 0 aliphatic carbocycles. The molecule has 11 heteroatoms. The van der Waals surface area contributed by atoms with Crippen LogP contribution in [0.25, 0.3) is 0 Å². The number of hydrogen-bond acceptors (Lipinski definition) is 1. The first kappa shape index (κ1) is 36.8. The SMILES string of the molecule is CO.ClCCl.ClCCl.ClCCl.ClCCl.ClCCl. The van der Waals surface area contributed by atoms with E-state index >= 15 is 0 Å². The Morgan fingerprint density at radius 1 is 0.412 bits per heavy atom. The van der Waals surface area contributed by atoms with Crippen molar-refractivity contribution in [2.24, 2.45) is 0 Å². The zero-order chi connectivity index (χ0) is 15.5. The van der Waals surface area contributed by atoms with Gasteiger partial charge in [0, 0.05) is 7.11 Å². The van der Waals surface area contributed by atoms with E-state index < -0.39 is 0 Å². The lowest BCUT2D eigenvalue weighted by atomic mass is 11.8. The molecule has 0 amide bonds. The summed E-state index contributed by atoms with van der Waals surface area (Å²) in [5.74, 6) is 0. The van der Waals surface area contributed by atoms with Crippen molar-refractivity contribution in [1.82, 2.24) is 0 Å². The summed E-state index contributed by atoms with van der Waals surface area (Å²) < 4.78 is 0. The minimum atomic E-state index is 0.194. The van der Waals surface area contributed by atoms with Crippen molar-refractivity contribution >= 4 is 116 Å². The third kappa shape index (κ3) is 655. The molecule has 0 saturated carbocycles. The summed E-state index contributed by atoms with van der Waals surface area (Å²) in [5, 5.41) is 7.97. The Labute approximate surface area is 153 Å². The van der Waals surface area contributed by atoms with Gasteiger partial charge in [-0.25, -0.2) is 0 Å². The Morgan fingerprint density at radius 2 is 0.412 bits per heavy atom. The van der Waals surface area contributed by atoms with Crippen LogP contribution in [-0.4, -0.2) is 38.9 Å². The predicted octanol–water partition coefficient (Wildman–Crippen LogP) is 6.72. The van der Waals surface area contributed by atoms with Crippen LogP contribution in [0.3, 0.4) is 0 Å². The Balaban J connectivity index is -0.0000000215. The van der Waals surface area contributed by atoms with E-state index in [9.17, 15) is 0 Å². The lowest BCUT2D eigenvalue weighted by Gasteiger charge is -1.42. The highest BCUT2D eigenvalue weighted by Gasteiger charge is 1.42. The van der Waals surface area contributed by atoms with Gasteiger partial charge in [0.05, 0.1) is 26.7 Å². The van der Waals surface area contributed by atoms with Gasteiger partial charge in [-0.05, 0) is 0 Å². The maximum atomic E-state index is 7.00. The van der Waals surface area contributed by atoms with Crippen LogP contribution in [0.2, 0.25) is 0 Å². The lowest BCUT2D eigenvalue weighted by molar-refractivity contribution is 0.399. The number of aliphatic hydroxyl groups is 1. The summed E-state index contributed by atoms with van der Waals surface area (Å²) in [4.78, 5) is 0. The maximum absolute atomic E-state index is 7.00. The second kappa shape index (κ2) is 97.4. The standard InChI is InChI=1S/5CH2Cl2.CH4O/c5*2-1-3;1-2/h5*1H2;2H,1H3. The first-order chi connectivity index (χ1) is 8.07. The van der Waals surface area contributed by atoms with Crippen LogP contribution < -0.4 is 0 Å². The Hall–Kier alpha value is 2.86. The molecule has 1 nitrogen and oxygen atoms in total. The molecule has 0 atom stereocenters. The normalized spacial score (nSPS) is 5.65. The van der Waals surface area contributed by atoms with Crippen molar-refractivity contribution in [3.63, 3.8) is 0 Å². The Morgan fingerprint density at radius 3 is 0.412 bits per heavy atom. The fourth-order valence-corrected chi connectivity index (χ4v) is 0. The molecule has 0 aromatic rings. The molecular weight excluding hydrogens is 443 g/mol. The highest BCUT2D eigenvalue weighted by molar-refractivity contribution is 6.41. The van der Waals surface area contributed by atoms with E-state index in [0.717, 1.165) is 7.11 Å². The summed E-state index contributed by atoms with van der Waals surface area (Å²) in [6, 6.07) is 0. The summed E-state index contributed by atoms with van der Waals surface area (Å²) >= 11 is 47.6. The van der Waals surface area contributed by atoms with Gasteiger partial charge < -0.3 is 5.11 Å². The molecule has 0 aliphatic heterocycles. The van der Waals surface area contributed by atoms with Gasteiger partial charge >= 0.3 is 0 Å². The van der Waals surface area contributed by atoms with Gasteiger partial charge in [-0.2, -0.15) is 0 Å². The topological polar surface area (TPSA) is 20.2 Å². The van der Waals surface area contributed by atoms with Crippen LogP contribution in [0.4, 0.5) is 0 Å². The number of halogens is 10. The van der Waals surface area contributed by atoms with Crippen LogP contribution in [0.15, 0.2) is 0 Å². The monoisotopic (exact) mass is 452 g/mol. The molecule has 114 valence electrons. The molecule has 1 N–H and O–H groups in total. The van der Waals surface area contributed by atoms with Crippen LogP contribution >= 0.6 is 116 Å². The molecule has 0 fully saturated rings. The highest BCUT2D eigenvalue weighted by atomic mass is 35.5.